The highest BCUT2D eigenvalue weighted by atomic mass is 19.4. The van der Waals surface area contributed by atoms with Gasteiger partial charge in [0, 0.05) is 45.8 Å². The molecule has 15 rings (SSSR count). The SMILES string of the molecule is C[C@@H]1CN2c3c(cc(-c4noc(C(F)(F)F)n4)c(F)c3F)CC3(C(=O)NC(=O)NC3=O)[C@H]2[C@H](C)O1.C[C@@H]1CN2c3c(cc(-c4noc(C(F)F)n4)c(F)c3F)CC3(C(=O)NC(=O)NC3=O)[C@H]2[C@H](C)O1.Cc1nc(-c2cc3c(c(F)c2F)N2C[C@@H](C)O[C@@H](C)[C@@H]2C2(C3)C(=O)NC(=O)NC2=O)no1. The monoisotopic (exact) mass is 1430 g/mol. The molecule has 0 aliphatic carbocycles. The normalized spacial score (nSPS) is 26.0. The minimum atomic E-state index is -5.02. The van der Waals surface area contributed by atoms with E-state index in [2.05, 4.69) is 60.7 Å². The fraction of sp³-hybridized carbons (Fsp3) is 0.450. The number of amides is 12. The molecule has 534 valence electrons. The summed E-state index contributed by atoms with van der Waals surface area (Å²) in [5.41, 5.74) is -7.68. The molecule has 30 nitrogen and oxygen atoms in total. The van der Waals surface area contributed by atoms with Crippen molar-refractivity contribution >= 4 is 70.6 Å². The second-order valence-electron chi connectivity index (χ2n) is 25.4. The van der Waals surface area contributed by atoms with Crippen molar-refractivity contribution in [3.8, 4) is 34.2 Å². The minimum Gasteiger partial charge on any atom is -0.372 e. The van der Waals surface area contributed by atoms with Crippen molar-refractivity contribution in [2.45, 2.75) is 135 Å². The Labute approximate surface area is 558 Å². The van der Waals surface area contributed by atoms with E-state index in [0.29, 0.717) is 0 Å². The van der Waals surface area contributed by atoms with Crippen molar-refractivity contribution in [1.82, 2.24) is 62.3 Å². The van der Waals surface area contributed by atoms with Crippen molar-refractivity contribution in [3.05, 3.63) is 87.5 Å². The fourth-order valence-corrected chi connectivity index (χ4v) is 15.4. The maximum Gasteiger partial charge on any atom is 0.471 e. The van der Waals surface area contributed by atoms with E-state index >= 15 is 26.3 Å². The summed E-state index contributed by atoms with van der Waals surface area (Å²) in [5.74, 6) is -17.8. The number of fused-ring (bicyclic) bond motifs is 12. The number of carbonyl (C=O) groups is 9. The van der Waals surface area contributed by atoms with Gasteiger partial charge >= 0.3 is 36.6 Å². The minimum absolute atomic E-state index is 0.00567. The standard InChI is InChI=1S/C20H16F5N5O5.C20H17F4N5O5.C20H19F2N5O5/c1-6-5-30-12-8(3-9(10(21)11(12)22)14-26-17(35-29-14)20(23,24)25)4-19(13(30)7(2)34-6)15(31)27-18(33)28-16(19)32;1-6-5-29-12-8(3-9(10(21)11(12)22)15-25-16(14(23)24)34-28-15)4-20(13(29)7(2)33-6)17(30)26-19(32)27-18(20)31;1-7-6-27-14-10(4-11(12(21)13(14)22)16-23-9(3)32-26-16)5-20(15(27)8(2)31-7)17(28)24-19(30)25-18(20)29/h3,6-7,13H,4-5H2,1-2H3,(H2,27,28,31,32,33);3,6-7,13-14H,4-5H2,1-2H3,(H2,26,27,30,31,32);4,7-8,15H,5-6H2,1-3H3,(H2,24,25,28,29,30)/t2*6-,7+,13-;7-,8+,15-/m111/s1. The van der Waals surface area contributed by atoms with Crippen molar-refractivity contribution < 1.29 is 119 Å². The summed E-state index contributed by atoms with van der Waals surface area (Å²) in [6.45, 7) is 11.5. The third-order valence-corrected chi connectivity index (χ3v) is 18.9. The van der Waals surface area contributed by atoms with E-state index in [1.54, 1.807) is 41.5 Å². The van der Waals surface area contributed by atoms with Crippen LogP contribution in [-0.4, -0.2) is 158 Å². The predicted molar refractivity (Wildman–Crippen MR) is 311 cm³/mol. The van der Waals surface area contributed by atoms with Crippen LogP contribution in [0.5, 0.6) is 0 Å². The van der Waals surface area contributed by atoms with Gasteiger partial charge in [0.1, 0.15) is 0 Å². The molecule has 3 aromatic carbocycles. The average molecular weight is 1430 g/mol. The van der Waals surface area contributed by atoms with Gasteiger partial charge in [-0.1, -0.05) is 15.5 Å². The molecule has 9 aliphatic rings. The maximum absolute atomic E-state index is 15.5. The number of urea groups is 3. The second kappa shape index (κ2) is 24.4. The Morgan fingerprint density at radius 3 is 1.02 bits per heavy atom. The molecule has 0 unspecified atom stereocenters. The Morgan fingerprint density at radius 2 is 0.743 bits per heavy atom. The Kier molecular flexibility index (Phi) is 16.6. The van der Waals surface area contributed by atoms with Crippen molar-refractivity contribution in [1.29, 1.82) is 0 Å². The number of aromatic nitrogens is 6. The first-order valence-electron chi connectivity index (χ1n) is 30.7. The molecule has 0 bridgehead atoms. The van der Waals surface area contributed by atoms with Crippen LogP contribution in [0, 0.1) is 58.1 Å². The predicted octanol–water partition coefficient (Wildman–Crippen LogP) is 4.98. The van der Waals surface area contributed by atoms with Gasteiger partial charge in [-0.15, -0.1) is 0 Å². The van der Waals surface area contributed by atoms with E-state index in [0.717, 1.165) is 12.1 Å². The number of halogens is 11. The Balaban J connectivity index is 0.000000136. The first-order chi connectivity index (χ1) is 47.5. The van der Waals surface area contributed by atoms with E-state index in [1.807, 2.05) is 10.6 Å². The number of barbiturate groups is 3. The number of hydrogen-bond acceptors (Lipinski definition) is 24. The van der Waals surface area contributed by atoms with E-state index in [-0.39, 0.29) is 83.2 Å². The van der Waals surface area contributed by atoms with E-state index in [4.69, 9.17) is 18.7 Å². The number of benzene rings is 3. The largest absolute Gasteiger partial charge is 0.471 e. The number of ether oxygens (including phenoxy) is 3. The maximum atomic E-state index is 15.5. The molecular weight excluding hydrogens is 1380 g/mol. The van der Waals surface area contributed by atoms with Crippen LogP contribution in [0.25, 0.3) is 34.2 Å². The number of rotatable bonds is 4. The number of imide groups is 6. The Bertz CT molecular complexity index is 4530. The number of hydrogen-bond donors (Lipinski definition) is 6. The van der Waals surface area contributed by atoms with Gasteiger partial charge in [-0.25, -0.2) is 40.7 Å². The van der Waals surface area contributed by atoms with Crippen molar-refractivity contribution in [2.24, 2.45) is 16.2 Å². The first-order valence-corrected chi connectivity index (χ1v) is 30.7. The van der Waals surface area contributed by atoms with E-state index in [9.17, 15) is 65.1 Å². The zero-order chi connectivity index (χ0) is 72.9. The van der Waals surface area contributed by atoms with Crippen LogP contribution in [-0.2, 0) is 68.4 Å². The molecular formula is C60H52F11N15O15. The van der Waals surface area contributed by atoms with Crippen LogP contribution in [0.15, 0.2) is 31.8 Å². The number of carbonyl (C=O) groups excluding carboxylic acids is 9. The highest BCUT2D eigenvalue weighted by Crippen LogP contribution is 2.53. The van der Waals surface area contributed by atoms with Crippen LogP contribution in [0.3, 0.4) is 0 Å². The number of alkyl halides is 5. The van der Waals surface area contributed by atoms with Crippen LogP contribution < -0.4 is 46.6 Å². The number of nitrogens with one attached hydrogen (secondary N) is 6. The Hall–Kier alpha value is -10.6. The van der Waals surface area contributed by atoms with Gasteiger partial charge in [-0.05, 0) is 76.4 Å². The molecule has 6 saturated heterocycles. The highest BCUT2D eigenvalue weighted by molar-refractivity contribution is 6.22. The lowest BCUT2D eigenvalue weighted by Crippen LogP contribution is -2.75. The smallest absolute Gasteiger partial charge is 0.372 e. The summed E-state index contributed by atoms with van der Waals surface area (Å²) >= 11 is 0. The van der Waals surface area contributed by atoms with Gasteiger partial charge in [0.2, 0.25) is 58.8 Å². The highest BCUT2D eigenvalue weighted by Gasteiger charge is 2.67. The topological polar surface area (TPSA) is 380 Å². The van der Waals surface area contributed by atoms with Crippen LogP contribution >= 0.6 is 0 Å². The lowest BCUT2D eigenvalue weighted by atomic mass is 9.66. The summed E-state index contributed by atoms with van der Waals surface area (Å²) < 4.78 is 187. The molecule has 12 amide bonds. The van der Waals surface area contributed by atoms with Crippen LogP contribution in [0.1, 0.15) is 82.3 Å². The van der Waals surface area contributed by atoms with E-state index < -0.39 is 213 Å². The molecule has 0 radical (unpaired) electrons. The summed E-state index contributed by atoms with van der Waals surface area (Å²) in [7, 11) is 0. The molecule has 41 heteroatoms. The zero-order valence-electron chi connectivity index (χ0n) is 53.1. The lowest BCUT2D eigenvalue weighted by Gasteiger charge is -2.55. The number of aryl methyl sites for hydroxylation is 1. The average Bonchev–Trinajstić information content (AvgIpc) is 0.997. The quantitative estimate of drug-likeness (QED) is 0.100. The number of morpholine rings is 3. The second-order valence-corrected chi connectivity index (χ2v) is 25.4. The molecule has 3 spiro atoms. The third kappa shape index (κ3) is 10.8. The molecule has 6 fully saturated rings. The van der Waals surface area contributed by atoms with Gasteiger partial charge in [0.15, 0.2) is 51.1 Å². The fourth-order valence-electron chi connectivity index (χ4n) is 15.4. The summed E-state index contributed by atoms with van der Waals surface area (Å²) in [5, 5.41) is 22.6. The van der Waals surface area contributed by atoms with Crippen LogP contribution in [0.2, 0.25) is 0 Å². The van der Waals surface area contributed by atoms with Gasteiger partial charge in [0.05, 0.1) is 88.5 Å². The Morgan fingerprint density at radius 1 is 0.446 bits per heavy atom. The van der Waals surface area contributed by atoms with E-state index in [1.165, 1.54) is 27.7 Å². The van der Waals surface area contributed by atoms with Crippen molar-refractivity contribution in [2.75, 3.05) is 34.3 Å². The van der Waals surface area contributed by atoms with Gasteiger partial charge in [-0.2, -0.15) is 36.9 Å². The molecule has 101 heavy (non-hydrogen) atoms. The summed E-state index contributed by atoms with van der Waals surface area (Å²) in [6.07, 6.45) is -13.0. The first kappa shape index (κ1) is 68.9. The van der Waals surface area contributed by atoms with Crippen LogP contribution in [0.4, 0.5) is 79.7 Å². The van der Waals surface area contributed by atoms with Gasteiger partial charge in [-0.3, -0.25) is 60.7 Å². The van der Waals surface area contributed by atoms with Gasteiger partial charge < -0.3 is 42.5 Å². The lowest BCUT2D eigenvalue weighted by molar-refractivity contribution is -0.159. The third-order valence-electron chi connectivity index (χ3n) is 18.9. The van der Waals surface area contributed by atoms with Gasteiger partial charge in [0.25, 0.3) is 5.89 Å². The van der Waals surface area contributed by atoms with Crippen molar-refractivity contribution in [3.63, 3.8) is 0 Å². The zero-order valence-corrected chi connectivity index (χ0v) is 53.1. The summed E-state index contributed by atoms with van der Waals surface area (Å²) in [6, 6.07) is -2.77. The number of anilines is 3. The number of nitrogens with zero attached hydrogens (tertiary/aromatic N) is 9. The molecule has 6 aromatic rings. The molecule has 9 atom stereocenters. The molecule has 3 aromatic heterocycles. The molecule has 6 N–H and O–H groups in total. The molecule has 12 heterocycles. The molecule has 0 saturated carbocycles. The summed E-state index contributed by atoms with van der Waals surface area (Å²) in [4.78, 5) is 129. The molecule has 9 aliphatic heterocycles.